The molecule has 3 amide bonds. The van der Waals surface area contributed by atoms with E-state index in [1.807, 2.05) is 0 Å². The van der Waals surface area contributed by atoms with Crippen LogP contribution in [0.4, 0.5) is 4.39 Å². The van der Waals surface area contributed by atoms with Crippen LogP contribution in [-0.2, 0) is 20.8 Å². The Hall–Kier alpha value is -2.88. The van der Waals surface area contributed by atoms with E-state index in [1.54, 1.807) is 6.07 Å². The molecule has 6 nitrogen and oxygen atoms in total. The lowest BCUT2D eigenvalue weighted by Gasteiger charge is -2.20. The van der Waals surface area contributed by atoms with Gasteiger partial charge < -0.3 is 16.4 Å². The first-order valence-electron chi connectivity index (χ1n) is 6.88. The van der Waals surface area contributed by atoms with E-state index in [9.17, 15) is 18.8 Å². The van der Waals surface area contributed by atoms with Crippen LogP contribution in [0.2, 0.25) is 0 Å². The topological polar surface area (TPSA) is 101 Å². The van der Waals surface area contributed by atoms with E-state index in [-0.39, 0.29) is 12.8 Å². The number of nitrogens with two attached hydrogens (primary N) is 1. The highest BCUT2D eigenvalue weighted by Gasteiger charge is 2.24. The number of carbonyl (C=O) groups is 3. The first-order chi connectivity index (χ1) is 10.8. The number of carbonyl (C=O) groups excluding carboxylic acids is 3. The molecular formula is C16H18FN3O3. The second-order valence-electron chi connectivity index (χ2n) is 4.96. The first-order valence-corrected chi connectivity index (χ1v) is 6.88. The lowest BCUT2D eigenvalue weighted by molar-refractivity contribution is -0.130. The van der Waals surface area contributed by atoms with Crippen molar-refractivity contribution in [2.45, 2.75) is 31.8 Å². The molecule has 0 aliphatic carbocycles. The summed E-state index contributed by atoms with van der Waals surface area (Å²) in [6, 6.07) is 3.64. The molecule has 0 saturated heterocycles. The zero-order valence-electron chi connectivity index (χ0n) is 12.6. The number of rotatable bonds is 7. The quantitative estimate of drug-likeness (QED) is 0.610. The molecular weight excluding hydrogens is 301 g/mol. The molecule has 23 heavy (non-hydrogen) atoms. The number of hydrogen-bond acceptors (Lipinski definition) is 3. The Kier molecular flexibility index (Phi) is 6.74. The van der Waals surface area contributed by atoms with Gasteiger partial charge in [0, 0.05) is 19.8 Å². The first kappa shape index (κ1) is 18.2. The summed E-state index contributed by atoms with van der Waals surface area (Å²) in [5.74, 6) is -0.0453. The maximum absolute atomic E-state index is 13.2. The smallest absolute Gasteiger partial charge is 0.243 e. The zero-order chi connectivity index (χ0) is 17.4. The molecule has 7 heteroatoms. The van der Waals surface area contributed by atoms with E-state index in [1.165, 1.54) is 25.1 Å². The van der Waals surface area contributed by atoms with E-state index < -0.39 is 35.6 Å². The summed E-state index contributed by atoms with van der Waals surface area (Å²) in [5.41, 5.74) is 5.68. The molecule has 1 aromatic rings. The highest BCUT2D eigenvalue weighted by atomic mass is 19.1. The zero-order valence-corrected chi connectivity index (χ0v) is 12.6. The van der Waals surface area contributed by atoms with E-state index in [2.05, 4.69) is 16.6 Å². The molecule has 0 aromatic heterocycles. The Balaban J connectivity index is 2.88. The number of amides is 3. The van der Waals surface area contributed by atoms with Crippen molar-refractivity contribution in [1.29, 1.82) is 0 Å². The van der Waals surface area contributed by atoms with Crippen molar-refractivity contribution < 1.29 is 18.8 Å². The average molecular weight is 319 g/mol. The summed E-state index contributed by atoms with van der Waals surface area (Å²) >= 11 is 0. The second-order valence-corrected chi connectivity index (χ2v) is 4.96. The molecule has 0 unspecified atom stereocenters. The van der Waals surface area contributed by atoms with Crippen molar-refractivity contribution in [3.63, 3.8) is 0 Å². The largest absolute Gasteiger partial charge is 0.368 e. The van der Waals surface area contributed by atoms with Gasteiger partial charge in [-0.05, 0) is 17.7 Å². The van der Waals surface area contributed by atoms with Gasteiger partial charge in [-0.25, -0.2) is 4.39 Å². The molecule has 0 heterocycles. The third kappa shape index (κ3) is 6.18. The van der Waals surface area contributed by atoms with Crippen LogP contribution in [0.1, 0.15) is 18.9 Å². The molecule has 2 atom stereocenters. The molecule has 0 fully saturated rings. The van der Waals surface area contributed by atoms with Crippen molar-refractivity contribution in [2.24, 2.45) is 5.73 Å². The normalized spacial score (nSPS) is 12.6. The predicted octanol–water partition coefficient (Wildman–Crippen LogP) is -0.134. The van der Waals surface area contributed by atoms with Gasteiger partial charge in [-0.1, -0.05) is 12.1 Å². The summed E-state index contributed by atoms with van der Waals surface area (Å²) in [5, 5.41) is 4.85. The van der Waals surface area contributed by atoms with E-state index in [0.717, 1.165) is 0 Å². The van der Waals surface area contributed by atoms with E-state index in [4.69, 9.17) is 12.2 Å². The van der Waals surface area contributed by atoms with Gasteiger partial charge in [-0.3, -0.25) is 14.4 Å². The average Bonchev–Trinajstić information content (AvgIpc) is 2.45. The number of hydrogen-bond donors (Lipinski definition) is 3. The Morgan fingerprint density at radius 1 is 1.30 bits per heavy atom. The van der Waals surface area contributed by atoms with Gasteiger partial charge in [-0.15, -0.1) is 12.3 Å². The molecule has 0 saturated carbocycles. The van der Waals surface area contributed by atoms with E-state index >= 15 is 0 Å². The van der Waals surface area contributed by atoms with Crippen molar-refractivity contribution in [2.75, 3.05) is 0 Å². The fourth-order valence-electron chi connectivity index (χ4n) is 1.97. The van der Waals surface area contributed by atoms with Crippen LogP contribution in [0.5, 0.6) is 0 Å². The third-order valence-electron chi connectivity index (χ3n) is 3.00. The van der Waals surface area contributed by atoms with Gasteiger partial charge in [0.25, 0.3) is 0 Å². The fourth-order valence-corrected chi connectivity index (χ4v) is 1.97. The summed E-state index contributed by atoms with van der Waals surface area (Å²) in [6.45, 7) is 1.25. The van der Waals surface area contributed by atoms with Crippen molar-refractivity contribution in [1.82, 2.24) is 10.6 Å². The summed E-state index contributed by atoms with van der Waals surface area (Å²) in [4.78, 5) is 34.8. The summed E-state index contributed by atoms with van der Waals surface area (Å²) in [6.07, 6.45) is 5.12. The van der Waals surface area contributed by atoms with Crippen LogP contribution < -0.4 is 16.4 Å². The van der Waals surface area contributed by atoms with Gasteiger partial charge >= 0.3 is 0 Å². The second kappa shape index (κ2) is 8.54. The monoisotopic (exact) mass is 319 g/mol. The minimum atomic E-state index is -1.03. The molecule has 0 spiro atoms. The Labute approximate surface area is 133 Å². The number of halogens is 1. The minimum Gasteiger partial charge on any atom is -0.368 e. The number of nitrogens with one attached hydrogen (secondary N) is 2. The van der Waals surface area contributed by atoms with Crippen molar-refractivity contribution in [3.05, 3.63) is 35.6 Å². The highest BCUT2D eigenvalue weighted by Crippen LogP contribution is 2.07. The third-order valence-corrected chi connectivity index (χ3v) is 3.00. The van der Waals surface area contributed by atoms with Gasteiger partial charge in [0.2, 0.25) is 17.7 Å². The predicted molar refractivity (Wildman–Crippen MR) is 82.3 cm³/mol. The molecule has 1 aromatic carbocycles. The van der Waals surface area contributed by atoms with Crippen LogP contribution in [0, 0.1) is 18.2 Å². The maximum atomic E-state index is 13.2. The number of benzene rings is 1. The van der Waals surface area contributed by atoms with Crippen molar-refractivity contribution >= 4 is 17.7 Å². The number of terminal acetylenes is 1. The van der Waals surface area contributed by atoms with Gasteiger partial charge in [0.05, 0.1) is 0 Å². The lowest BCUT2D eigenvalue weighted by atomic mass is 10.0. The van der Waals surface area contributed by atoms with Crippen molar-refractivity contribution in [3.8, 4) is 12.3 Å². The lowest BCUT2D eigenvalue weighted by Crippen LogP contribution is -2.53. The Bertz CT molecular complexity index is 640. The standard InChI is InChI=1S/C16H18FN3O3/c1-3-5-13(15(18)22)20-16(23)14(19-10(2)21)9-11-6-4-7-12(17)8-11/h1,4,6-8,13-14H,5,9H2,2H3,(H2,18,22)(H,19,21)(H,20,23)/t13-,14+/m0/s1. The summed E-state index contributed by atoms with van der Waals surface area (Å²) in [7, 11) is 0. The molecule has 0 aliphatic rings. The molecule has 0 bridgehead atoms. The SMILES string of the molecule is C#CC[C@H](NC(=O)[C@@H](Cc1cccc(F)c1)NC(C)=O)C(N)=O. The molecule has 1 rings (SSSR count). The molecule has 0 aliphatic heterocycles. The van der Waals surface area contributed by atoms with Crippen LogP contribution in [0.25, 0.3) is 0 Å². The van der Waals surface area contributed by atoms with Crippen LogP contribution in [-0.4, -0.2) is 29.8 Å². The van der Waals surface area contributed by atoms with Crippen LogP contribution in [0.3, 0.4) is 0 Å². The molecule has 0 radical (unpaired) electrons. The Morgan fingerprint density at radius 3 is 2.52 bits per heavy atom. The van der Waals surface area contributed by atoms with Gasteiger partial charge in [0.15, 0.2) is 0 Å². The fraction of sp³-hybridized carbons (Fsp3) is 0.312. The van der Waals surface area contributed by atoms with Crippen LogP contribution in [0.15, 0.2) is 24.3 Å². The van der Waals surface area contributed by atoms with Crippen LogP contribution >= 0.6 is 0 Å². The molecule has 4 N–H and O–H groups in total. The summed E-state index contributed by atoms with van der Waals surface area (Å²) < 4.78 is 13.2. The minimum absolute atomic E-state index is 0.0602. The Morgan fingerprint density at radius 2 is 2.00 bits per heavy atom. The highest BCUT2D eigenvalue weighted by molar-refractivity contribution is 5.91. The van der Waals surface area contributed by atoms with Gasteiger partial charge in [0.1, 0.15) is 17.9 Å². The number of primary amides is 1. The van der Waals surface area contributed by atoms with E-state index in [0.29, 0.717) is 5.56 Å². The molecule has 122 valence electrons. The van der Waals surface area contributed by atoms with Gasteiger partial charge in [-0.2, -0.15) is 0 Å². The maximum Gasteiger partial charge on any atom is 0.243 e.